The lowest BCUT2D eigenvalue weighted by Crippen LogP contribution is -2.42. The standard InChI is InChI=1S/C17H28N2/c1-3-13(4-2)12-17(19-18)16-11-7-9-14-8-5-6-10-15(14)16/h5-6,8,10,13,16-17,19H,3-4,7,9,11-12,18H2,1-2H3. The first kappa shape index (κ1) is 14.5. The predicted octanol–water partition coefficient (Wildman–Crippen LogP) is 3.76. The summed E-state index contributed by atoms with van der Waals surface area (Å²) in [6.07, 6.45) is 7.50. The van der Waals surface area contributed by atoms with Gasteiger partial charge in [0.25, 0.3) is 0 Å². The van der Waals surface area contributed by atoms with Gasteiger partial charge in [0.15, 0.2) is 0 Å². The Hall–Kier alpha value is -0.860. The van der Waals surface area contributed by atoms with Gasteiger partial charge in [-0.25, -0.2) is 0 Å². The summed E-state index contributed by atoms with van der Waals surface area (Å²) in [5, 5.41) is 0. The van der Waals surface area contributed by atoms with Crippen molar-refractivity contribution in [3.63, 3.8) is 0 Å². The molecule has 1 aliphatic rings. The summed E-state index contributed by atoms with van der Waals surface area (Å²) in [7, 11) is 0. The van der Waals surface area contributed by atoms with Gasteiger partial charge in [0.05, 0.1) is 0 Å². The van der Waals surface area contributed by atoms with Gasteiger partial charge in [-0.15, -0.1) is 0 Å². The molecule has 1 aliphatic carbocycles. The second-order valence-corrected chi connectivity index (χ2v) is 5.89. The van der Waals surface area contributed by atoms with Crippen molar-refractivity contribution in [2.45, 2.75) is 64.3 Å². The molecule has 106 valence electrons. The highest BCUT2D eigenvalue weighted by Crippen LogP contribution is 2.36. The Bertz CT molecular complexity index is 385. The minimum Gasteiger partial charge on any atom is -0.271 e. The Morgan fingerprint density at radius 1 is 1.26 bits per heavy atom. The van der Waals surface area contributed by atoms with E-state index in [0.717, 1.165) is 5.92 Å². The third-order valence-corrected chi connectivity index (χ3v) is 4.86. The SMILES string of the molecule is CCC(CC)CC(NN)C1CCCc2ccccc21. The quantitative estimate of drug-likeness (QED) is 0.603. The zero-order valence-corrected chi connectivity index (χ0v) is 12.4. The van der Waals surface area contributed by atoms with Gasteiger partial charge >= 0.3 is 0 Å². The molecule has 0 fully saturated rings. The van der Waals surface area contributed by atoms with E-state index in [9.17, 15) is 0 Å². The highest BCUT2D eigenvalue weighted by Gasteiger charge is 2.28. The number of fused-ring (bicyclic) bond motifs is 1. The molecular weight excluding hydrogens is 232 g/mol. The lowest BCUT2D eigenvalue weighted by Gasteiger charge is -2.33. The van der Waals surface area contributed by atoms with Crippen LogP contribution in [0.2, 0.25) is 0 Å². The molecule has 2 rings (SSSR count). The zero-order valence-electron chi connectivity index (χ0n) is 12.4. The highest BCUT2D eigenvalue weighted by molar-refractivity contribution is 5.33. The number of nitrogens with two attached hydrogens (primary N) is 1. The molecule has 0 aliphatic heterocycles. The van der Waals surface area contributed by atoms with Crippen molar-refractivity contribution in [3.8, 4) is 0 Å². The van der Waals surface area contributed by atoms with E-state index in [1.807, 2.05) is 0 Å². The van der Waals surface area contributed by atoms with Crippen LogP contribution in [0.5, 0.6) is 0 Å². The third-order valence-electron chi connectivity index (χ3n) is 4.86. The van der Waals surface area contributed by atoms with Crippen LogP contribution in [0.25, 0.3) is 0 Å². The van der Waals surface area contributed by atoms with E-state index in [2.05, 4.69) is 43.5 Å². The molecule has 2 nitrogen and oxygen atoms in total. The maximum Gasteiger partial charge on any atom is 0.0281 e. The van der Waals surface area contributed by atoms with Gasteiger partial charge < -0.3 is 0 Å². The summed E-state index contributed by atoms with van der Waals surface area (Å²) in [4.78, 5) is 0. The number of nitrogens with one attached hydrogen (secondary N) is 1. The molecule has 0 aromatic heterocycles. The number of hydrogen-bond donors (Lipinski definition) is 2. The third kappa shape index (κ3) is 3.37. The lowest BCUT2D eigenvalue weighted by molar-refractivity contribution is 0.312. The molecule has 2 heteroatoms. The van der Waals surface area contributed by atoms with Crippen LogP contribution in [-0.2, 0) is 6.42 Å². The van der Waals surface area contributed by atoms with Crippen LogP contribution >= 0.6 is 0 Å². The van der Waals surface area contributed by atoms with E-state index in [1.54, 1.807) is 0 Å². The largest absolute Gasteiger partial charge is 0.271 e. The molecule has 1 aromatic carbocycles. The Morgan fingerprint density at radius 2 is 2.00 bits per heavy atom. The highest BCUT2D eigenvalue weighted by atomic mass is 15.2. The van der Waals surface area contributed by atoms with Gasteiger partial charge in [-0.05, 0) is 42.7 Å². The summed E-state index contributed by atoms with van der Waals surface area (Å²) in [5.41, 5.74) is 6.17. The van der Waals surface area contributed by atoms with Crippen molar-refractivity contribution in [2.75, 3.05) is 0 Å². The van der Waals surface area contributed by atoms with Crippen LogP contribution in [-0.4, -0.2) is 6.04 Å². The lowest BCUT2D eigenvalue weighted by atomic mass is 9.76. The second kappa shape index (κ2) is 7.06. The van der Waals surface area contributed by atoms with Crippen molar-refractivity contribution in [2.24, 2.45) is 11.8 Å². The smallest absolute Gasteiger partial charge is 0.0281 e. The molecule has 0 saturated heterocycles. The molecule has 2 atom stereocenters. The average Bonchev–Trinajstić information content (AvgIpc) is 2.48. The van der Waals surface area contributed by atoms with Crippen LogP contribution in [0.1, 0.15) is 63.0 Å². The monoisotopic (exact) mass is 260 g/mol. The second-order valence-electron chi connectivity index (χ2n) is 5.89. The van der Waals surface area contributed by atoms with Crippen LogP contribution in [0, 0.1) is 5.92 Å². The average molecular weight is 260 g/mol. The summed E-state index contributed by atoms with van der Waals surface area (Å²) in [6, 6.07) is 9.34. The summed E-state index contributed by atoms with van der Waals surface area (Å²) >= 11 is 0. The van der Waals surface area contributed by atoms with Crippen molar-refractivity contribution in [1.82, 2.24) is 5.43 Å². The van der Waals surface area contributed by atoms with Crippen molar-refractivity contribution in [3.05, 3.63) is 35.4 Å². The molecule has 19 heavy (non-hydrogen) atoms. The first-order valence-corrected chi connectivity index (χ1v) is 7.84. The van der Waals surface area contributed by atoms with E-state index in [0.29, 0.717) is 12.0 Å². The van der Waals surface area contributed by atoms with Gasteiger partial charge in [0.2, 0.25) is 0 Å². The molecule has 0 amide bonds. The van der Waals surface area contributed by atoms with E-state index in [1.165, 1.54) is 49.7 Å². The first-order valence-electron chi connectivity index (χ1n) is 7.84. The molecular formula is C17H28N2. The van der Waals surface area contributed by atoms with E-state index < -0.39 is 0 Å². The fraction of sp³-hybridized carbons (Fsp3) is 0.647. The number of aryl methyl sites for hydroxylation is 1. The summed E-state index contributed by atoms with van der Waals surface area (Å²) in [6.45, 7) is 4.58. The van der Waals surface area contributed by atoms with E-state index in [4.69, 9.17) is 5.84 Å². The number of hydrogen-bond acceptors (Lipinski definition) is 2. The number of benzene rings is 1. The van der Waals surface area contributed by atoms with E-state index >= 15 is 0 Å². The van der Waals surface area contributed by atoms with Crippen molar-refractivity contribution < 1.29 is 0 Å². The Morgan fingerprint density at radius 3 is 2.68 bits per heavy atom. The van der Waals surface area contributed by atoms with Crippen molar-refractivity contribution >= 4 is 0 Å². The van der Waals surface area contributed by atoms with Crippen LogP contribution in [0.4, 0.5) is 0 Å². The number of rotatable bonds is 6. The van der Waals surface area contributed by atoms with E-state index in [-0.39, 0.29) is 0 Å². The van der Waals surface area contributed by atoms with Gasteiger partial charge in [-0.1, -0.05) is 51.0 Å². The first-order chi connectivity index (χ1) is 9.30. The van der Waals surface area contributed by atoms with Crippen LogP contribution in [0.15, 0.2) is 24.3 Å². The van der Waals surface area contributed by atoms with Gasteiger partial charge in [0.1, 0.15) is 0 Å². The Balaban J connectivity index is 2.15. The van der Waals surface area contributed by atoms with Crippen LogP contribution < -0.4 is 11.3 Å². The van der Waals surface area contributed by atoms with Crippen LogP contribution in [0.3, 0.4) is 0 Å². The molecule has 0 heterocycles. The fourth-order valence-corrected chi connectivity index (χ4v) is 3.54. The molecule has 3 N–H and O–H groups in total. The predicted molar refractivity (Wildman–Crippen MR) is 81.9 cm³/mol. The normalized spacial score (nSPS) is 20.3. The molecule has 1 aromatic rings. The molecule has 0 radical (unpaired) electrons. The maximum atomic E-state index is 5.87. The molecule has 0 bridgehead atoms. The zero-order chi connectivity index (χ0) is 13.7. The van der Waals surface area contributed by atoms with Crippen molar-refractivity contribution in [1.29, 1.82) is 0 Å². The van der Waals surface area contributed by atoms with Gasteiger partial charge in [-0.3, -0.25) is 11.3 Å². The topological polar surface area (TPSA) is 38.0 Å². The minimum absolute atomic E-state index is 0.423. The molecule has 0 saturated carbocycles. The minimum atomic E-state index is 0.423. The molecule has 2 unspecified atom stereocenters. The Kier molecular flexibility index (Phi) is 5.41. The summed E-state index contributed by atoms with van der Waals surface area (Å²) < 4.78 is 0. The Labute approximate surface area is 117 Å². The number of hydrazine groups is 1. The molecule has 0 spiro atoms. The summed E-state index contributed by atoms with van der Waals surface area (Å²) in [5.74, 6) is 7.25. The van der Waals surface area contributed by atoms with Gasteiger partial charge in [0, 0.05) is 12.0 Å². The van der Waals surface area contributed by atoms with Gasteiger partial charge in [-0.2, -0.15) is 0 Å². The maximum absolute atomic E-state index is 5.87. The fourth-order valence-electron chi connectivity index (χ4n) is 3.54.